The molecule has 0 radical (unpaired) electrons. The van der Waals surface area contributed by atoms with Crippen LogP contribution in [-0.2, 0) is 14.3 Å². The summed E-state index contributed by atoms with van der Waals surface area (Å²) in [5.74, 6) is -0.610. The van der Waals surface area contributed by atoms with Gasteiger partial charge in [-0.2, -0.15) is 0 Å². The van der Waals surface area contributed by atoms with E-state index in [1.807, 2.05) is 6.08 Å². The third kappa shape index (κ3) is 41.7. The van der Waals surface area contributed by atoms with E-state index in [1.54, 1.807) is 6.08 Å². The highest BCUT2D eigenvalue weighted by Gasteiger charge is 2.44. The van der Waals surface area contributed by atoms with Crippen LogP contribution >= 0.6 is 0 Å². The number of aliphatic hydroxyl groups excluding tert-OH is 6. The van der Waals surface area contributed by atoms with Crippen molar-refractivity contribution in [2.45, 2.75) is 365 Å². The fourth-order valence-electron chi connectivity index (χ4n) is 10.5. The summed E-state index contributed by atoms with van der Waals surface area (Å²) in [4.78, 5) is 13.2. The Morgan fingerprint density at radius 1 is 0.459 bits per heavy atom. The number of hydrogen-bond acceptors (Lipinski definition) is 9. The Labute approximate surface area is 456 Å². The lowest BCUT2D eigenvalue weighted by atomic mass is 9.99. The average Bonchev–Trinajstić information content (AvgIpc) is 3.40. The van der Waals surface area contributed by atoms with E-state index < -0.39 is 61.5 Å². The van der Waals surface area contributed by atoms with Gasteiger partial charge in [-0.25, -0.2) is 0 Å². The van der Waals surface area contributed by atoms with E-state index in [9.17, 15) is 35.4 Å². The van der Waals surface area contributed by atoms with E-state index in [-0.39, 0.29) is 6.61 Å². The first-order valence-corrected chi connectivity index (χ1v) is 32.2. The number of carbonyl (C=O) groups excluding carboxylic acids is 1. The topological polar surface area (TPSA) is 169 Å². The molecule has 7 N–H and O–H groups in total. The Bertz CT molecular complexity index is 1230. The summed E-state index contributed by atoms with van der Waals surface area (Å²) in [6.07, 6.45) is 58.7. The van der Waals surface area contributed by atoms with Crippen LogP contribution in [0.4, 0.5) is 0 Å². The van der Waals surface area contributed by atoms with Gasteiger partial charge in [-0.15, -0.1) is 0 Å². The molecular weight excluding hydrogens is 927 g/mol. The number of unbranched alkanes of at least 4 members (excludes halogenated alkanes) is 43. The number of carbonyl (C=O) groups is 1. The van der Waals surface area contributed by atoms with Gasteiger partial charge < -0.3 is 45.4 Å². The fourth-order valence-corrected chi connectivity index (χ4v) is 10.5. The highest BCUT2D eigenvalue weighted by Crippen LogP contribution is 2.23. The molecule has 0 aromatic carbocycles. The van der Waals surface area contributed by atoms with E-state index >= 15 is 0 Å². The van der Waals surface area contributed by atoms with Crippen molar-refractivity contribution in [2.24, 2.45) is 0 Å². The van der Waals surface area contributed by atoms with Crippen LogP contribution in [0.1, 0.15) is 316 Å². The number of aliphatic hydroxyl groups is 6. The number of amides is 1. The molecule has 1 heterocycles. The Balaban J connectivity index is 2.16. The SMILES string of the molecule is CCCCCCCCCCCCCC/C=C\CCCCCCCCCCCCCCCCCCC(O)C(=O)NC(COC1OC(CO)C(O)C(O)C1O)C(O)/C=C/CCCCCCCCCCCCCCCCC. The molecule has 10 nitrogen and oxygen atoms in total. The molecule has 0 aliphatic carbocycles. The van der Waals surface area contributed by atoms with Gasteiger partial charge in [0.25, 0.3) is 0 Å². The molecule has 438 valence electrons. The average molecular weight is 1050 g/mol. The van der Waals surface area contributed by atoms with Gasteiger partial charge in [0.05, 0.1) is 25.4 Å². The van der Waals surface area contributed by atoms with Gasteiger partial charge in [0.2, 0.25) is 5.91 Å². The molecule has 1 aliphatic rings. The van der Waals surface area contributed by atoms with Gasteiger partial charge in [-0.1, -0.05) is 295 Å². The Kier molecular flexibility index (Phi) is 51.2. The van der Waals surface area contributed by atoms with Crippen molar-refractivity contribution in [3.8, 4) is 0 Å². The molecule has 0 bridgehead atoms. The maximum absolute atomic E-state index is 13.2. The van der Waals surface area contributed by atoms with Crippen molar-refractivity contribution in [1.82, 2.24) is 5.32 Å². The molecule has 0 spiro atoms. The first-order chi connectivity index (χ1) is 36.3. The first-order valence-electron chi connectivity index (χ1n) is 32.2. The van der Waals surface area contributed by atoms with Gasteiger partial charge >= 0.3 is 0 Å². The van der Waals surface area contributed by atoms with Gasteiger partial charge in [-0.05, 0) is 44.9 Å². The van der Waals surface area contributed by atoms with Crippen molar-refractivity contribution < 1.29 is 44.9 Å². The molecule has 74 heavy (non-hydrogen) atoms. The molecule has 1 fully saturated rings. The van der Waals surface area contributed by atoms with Crippen molar-refractivity contribution >= 4 is 5.91 Å². The number of nitrogens with one attached hydrogen (secondary N) is 1. The standard InChI is InChI=1S/C64H123NO9/c1-3-5-7-9-11-13-15-17-19-21-22-23-24-25-26-27-28-29-30-31-32-33-34-35-37-39-41-43-45-47-49-51-53-58(68)63(72)65-56(55-73-64-62(71)61(70)60(69)59(54-66)74-64)57(67)52-50-48-46-44-42-40-38-36-20-18-16-14-12-10-8-6-4-2/h25-26,50,52,56-62,64,66-71H,3-24,27-49,51,53-55H2,1-2H3,(H,65,72)/b26-25-,52-50+. The van der Waals surface area contributed by atoms with Crippen molar-refractivity contribution in [1.29, 1.82) is 0 Å². The van der Waals surface area contributed by atoms with Crippen molar-refractivity contribution in [3.05, 3.63) is 24.3 Å². The smallest absolute Gasteiger partial charge is 0.249 e. The Hall–Kier alpha value is -1.37. The fraction of sp³-hybridized carbons (Fsp3) is 0.922. The van der Waals surface area contributed by atoms with Gasteiger partial charge in [0.1, 0.15) is 30.5 Å². The summed E-state index contributed by atoms with van der Waals surface area (Å²) in [5, 5.41) is 65.2. The minimum absolute atomic E-state index is 0.302. The summed E-state index contributed by atoms with van der Waals surface area (Å²) >= 11 is 0. The third-order valence-corrected chi connectivity index (χ3v) is 15.6. The van der Waals surface area contributed by atoms with Crippen LogP contribution in [-0.4, -0.2) is 98.7 Å². The summed E-state index contributed by atoms with van der Waals surface area (Å²) in [7, 11) is 0. The molecule has 1 aliphatic heterocycles. The summed E-state index contributed by atoms with van der Waals surface area (Å²) in [6, 6.07) is -0.979. The van der Waals surface area contributed by atoms with Crippen LogP contribution in [0.25, 0.3) is 0 Å². The molecule has 0 aromatic heterocycles. The van der Waals surface area contributed by atoms with Crippen molar-refractivity contribution in [3.63, 3.8) is 0 Å². The van der Waals surface area contributed by atoms with E-state index in [4.69, 9.17) is 9.47 Å². The van der Waals surface area contributed by atoms with Crippen LogP contribution in [0, 0.1) is 0 Å². The van der Waals surface area contributed by atoms with Crippen LogP contribution in [0.3, 0.4) is 0 Å². The van der Waals surface area contributed by atoms with E-state index in [0.29, 0.717) is 6.42 Å². The summed E-state index contributed by atoms with van der Waals surface area (Å²) in [6.45, 7) is 3.66. The number of hydrogen-bond donors (Lipinski definition) is 7. The highest BCUT2D eigenvalue weighted by atomic mass is 16.7. The van der Waals surface area contributed by atoms with E-state index in [2.05, 4.69) is 31.3 Å². The van der Waals surface area contributed by atoms with Crippen LogP contribution in [0.15, 0.2) is 24.3 Å². The predicted molar refractivity (Wildman–Crippen MR) is 310 cm³/mol. The molecule has 10 heteroatoms. The van der Waals surface area contributed by atoms with Crippen LogP contribution < -0.4 is 5.32 Å². The van der Waals surface area contributed by atoms with Crippen LogP contribution in [0.5, 0.6) is 0 Å². The largest absolute Gasteiger partial charge is 0.394 e. The predicted octanol–water partition coefficient (Wildman–Crippen LogP) is 15.5. The second-order valence-corrected chi connectivity index (χ2v) is 22.7. The summed E-state index contributed by atoms with van der Waals surface area (Å²) in [5.41, 5.74) is 0. The number of ether oxygens (including phenoxy) is 2. The molecule has 8 atom stereocenters. The molecule has 0 saturated carbocycles. The minimum Gasteiger partial charge on any atom is -0.394 e. The first kappa shape index (κ1) is 70.6. The minimum atomic E-state index is -1.61. The summed E-state index contributed by atoms with van der Waals surface area (Å²) < 4.78 is 11.2. The molecule has 8 unspecified atom stereocenters. The zero-order valence-electron chi connectivity index (χ0n) is 48.5. The maximum atomic E-state index is 13.2. The monoisotopic (exact) mass is 1050 g/mol. The lowest BCUT2D eigenvalue weighted by Crippen LogP contribution is -2.60. The molecule has 1 amide bonds. The number of rotatable bonds is 56. The number of allylic oxidation sites excluding steroid dienone is 3. The van der Waals surface area contributed by atoms with Gasteiger partial charge in [0, 0.05) is 0 Å². The van der Waals surface area contributed by atoms with Crippen LogP contribution in [0.2, 0.25) is 0 Å². The second-order valence-electron chi connectivity index (χ2n) is 22.7. The molecule has 0 aromatic rings. The van der Waals surface area contributed by atoms with E-state index in [1.165, 1.54) is 250 Å². The molecule has 1 saturated heterocycles. The van der Waals surface area contributed by atoms with E-state index in [0.717, 1.165) is 44.9 Å². The van der Waals surface area contributed by atoms with Gasteiger partial charge in [-0.3, -0.25) is 4.79 Å². The quantitative estimate of drug-likeness (QED) is 0.0232. The maximum Gasteiger partial charge on any atom is 0.249 e. The Morgan fingerprint density at radius 3 is 1.14 bits per heavy atom. The highest BCUT2D eigenvalue weighted by molar-refractivity contribution is 5.80. The van der Waals surface area contributed by atoms with Gasteiger partial charge in [0.15, 0.2) is 6.29 Å². The normalized spacial score (nSPS) is 19.5. The third-order valence-electron chi connectivity index (χ3n) is 15.6. The zero-order chi connectivity index (χ0) is 53.8. The lowest BCUT2D eigenvalue weighted by Gasteiger charge is -2.40. The second kappa shape index (κ2) is 53.6. The zero-order valence-corrected chi connectivity index (χ0v) is 48.5. The lowest BCUT2D eigenvalue weighted by molar-refractivity contribution is -0.302. The van der Waals surface area contributed by atoms with Crippen molar-refractivity contribution in [2.75, 3.05) is 13.2 Å². The molecule has 1 rings (SSSR count). The molecular formula is C64H123NO9. The Morgan fingerprint density at radius 2 is 0.784 bits per heavy atom.